The summed E-state index contributed by atoms with van der Waals surface area (Å²) >= 11 is 0. The molecule has 17 heavy (non-hydrogen) atoms. The van der Waals surface area contributed by atoms with Crippen LogP contribution < -0.4 is 5.32 Å². The van der Waals surface area contributed by atoms with Crippen LogP contribution in [-0.4, -0.2) is 41.1 Å². The van der Waals surface area contributed by atoms with Crippen molar-refractivity contribution < 1.29 is 14.7 Å². The number of nitrogens with zero attached hydrogens (tertiary/aromatic N) is 1. The second kappa shape index (κ2) is 8.84. The molecule has 5 heteroatoms. The Morgan fingerprint density at radius 1 is 1.35 bits per heavy atom. The first-order valence-electron chi connectivity index (χ1n) is 6.28. The first kappa shape index (κ1) is 15.7. The Morgan fingerprint density at radius 2 is 2.00 bits per heavy atom. The van der Waals surface area contributed by atoms with Gasteiger partial charge in [0, 0.05) is 25.6 Å². The predicted molar refractivity (Wildman–Crippen MR) is 67.0 cm³/mol. The first-order chi connectivity index (χ1) is 8.01. The fourth-order valence-corrected chi connectivity index (χ4v) is 1.47. The number of rotatable bonds is 8. The van der Waals surface area contributed by atoms with Crippen molar-refractivity contribution in [1.82, 2.24) is 10.2 Å². The maximum absolute atomic E-state index is 11.8. The molecule has 2 N–H and O–H groups in total. The molecular formula is C12H24N2O3. The van der Waals surface area contributed by atoms with E-state index in [1.807, 2.05) is 13.8 Å². The van der Waals surface area contributed by atoms with Crippen LogP contribution in [0.5, 0.6) is 0 Å². The van der Waals surface area contributed by atoms with Crippen molar-refractivity contribution >= 4 is 12.0 Å². The normalized spacial score (nSPS) is 11.9. The van der Waals surface area contributed by atoms with Crippen LogP contribution in [0.4, 0.5) is 4.79 Å². The Balaban J connectivity index is 3.98. The molecule has 1 unspecified atom stereocenters. The predicted octanol–water partition coefficient (Wildman–Crippen LogP) is 2.07. The van der Waals surface area contributed by atoms with Crippen molar-refractivity contribution in [3.05, 3.63) is 0 Å². The van der Waals surface area contributed by atoms with Gasteiger partial charge >= 0.3 is 12.0 Å². The Kier molecular flexibility index (Phi) is 8.19. The second-order valence-corrected chi connectivity index (χ2v) is 4.22. The highest BCUT2D eigenvalue weighted by Gasteiger charge is 2.14. The first-order valence-corrected chi connectivity index (χ1v) is 6.28. The molecule has 0 rings (SSSR count). The molecule has 0 bridgehead atoms. The van der Waals surface area contributed by atoms with E-state index in [0.29, 0.717) is 13.0 Å². The third-order valence-electron chi connectivity index (χ3n) is 2.61. The van der Waals surface area contributed by atoms with Gasteiger partial charge in [0.25, 0.3) is 0 Å². The van der Waals surface area contributed by atoms with Crippen molar-refractivity contribution in [3.8, 4) is 0 Å². The number of unbranched alkanes of at least 4 members (excludes halogenated alkanes) is 1. The summed E-state index contributed by atoms with van der Waals surface area (Å²) in [5.74, 6) is -0.829. The zero-order valence-electron chi connectivity index (χ0n) is 11.0. The van der Waals surface area contributed by atoms with Gasteiger partial charge in [-0.05, 0) is 26.7 Å². The molecule has 0 saturated carbocycles. The summed E-state index contributed by atoms with van der Waals surface area (Å²) in [7, 11) is 0. The Labute approximate surface area is 103 Å². The highest BCUT2D eigenvalue weighted by atomic mass is 16.4. The van der Waals surface area contributed by atoms with Crippen molar-refractivity contribution in [2.45, 2.75) is 52.5 Å². The minimum Gasteiger partial charge on any atom is -0.481 e. The van der Waals surface area contributed by atoms with Gasteiger partial charge in [-0.1, -0.05) is 13.3 Å². The van der Waals surface area contributed by atoms with Crippen molar-refractivity contribution in [2.24, 2.45) is 0 Å². The van der Waals surface area contributed by atoms with Crippen LogP contribution in [-0.2, 0) is 4.79 Å². The second-order valence-electron chi connectivity index (χ2n) is 4.22. The molecule has 0 aromatic carbocycles. The van der Waals surface area contributed by atoms with E-state index in [1.54, 1.807) is 4.90 Å². The largest absolute Gasteiger partial charge is 0.481 e. The summed E-state index contributed by atoms with van der Waals surface area (Å²) in [6.45, 7) is 7.29. The third-order valence-corrected chi connectivity index (χ3v) is 2.61. The molecule has 2 amide bonds. The van der Waals surface area contributed by atoms with Gasteiger partial charge in [0.15, 0.2) is 0 Å². The van der Waals surface area contributed by atoms with Gasteiger partial charge in [-0.2, -0.15) is 0 Å². The number of nitrogens with one attached hydrogen (secondary N) is 1. The summed E-state index contributed by atoms with van der Waals surface area (Å²) in [5.41, 5.74) is 0. The fourth-order valence-electron chi connectivity index (χ4n) is 1.47. The summed E-state index contributed by atoms with van der Waals surface area (Å²) in [6.07, 6.45) is 2.60. The fraction of sp³-hybridized carbons (Fsp3) is 0.833. The number of carboxylic acids is 1. The number of carbonyl (C=O) groups excluding carboxylic acids is 1. The maximum atomic E-state index is 11.8. The molecule has 1 atom stereocenters. The summed E-state index contributed by atoms with van der Waals surface area (Å²) < 4.78 is 0. The number of hydrogen-bond acceptors (Lipinski definition) is 2. The van der Waals surface area contributed by atoms with Gasteiger partial charge in [0.05, 0.1) is 0 Å². The molecule has 0 aromatic rings. The van der Waals surface area contributed by atoms with E-state index in [0.717, 1.165) is 19.4 Å². The SMILES string of the molecule is CCCCN(CC)C(=O)NC(C)CCC(=O)O. The minimum absolute atomic E-state index is 0.0858. The number of carbonyl (C=O) groups is 2. The molecule has 0 aliphatic heterocycles. The lowest BCUT2D eigenvalue weighted by molar-refractivity contribution is -0.137. The summed E-state index contributed by atoms with van der Waals surface area (Å²) in [4.78, 5) is 24.0. The zero-order valence-corrected chi connectivity index (χ0v) is 11.0. The van der Waals surface area contributed by atoms with Gasteiger partial charge in [0.2, 0.25) is 0 Å². The average molecular weight is 244 g/mol. The maximum Gasteiger partial charge on any atom is 0.317 e. The highest BCUT2D eigenvalue weighted by Crippen LogP contribution is 2.00. The minimum atomic E-state index is -0.829. The van der Waals surface area contributed by atoms with Crippen LogP contribution in [0.1, 0.15) is 46.5 Å². The van der Waals surface area contributed by atoms with Crippen molar-refractivity contribution in [3.63, 3.8) is 0 Å². The lowest BCUT2D eigenvalue weighted by Crippen LogP contribution is -2.44. The van der Waals surface area contributed by atoms with Crippen molar-refractivity contribution in [2.75, 3.05) is 13.1 Å². The van der Waals surface area contributed by atoms with Gasteiger partial charge in [-0.15, -0.1) is 0 Å². The third kappa shape index (κ3) is 7.60. The molecule has 0 heterocycles. The summed E-state index contributed by atoms with van der Waals surface area (Å²) in [5, 5.41) is 11.4. The highest BCUT2D eigenvalue weighted by molar-refractivity contribution is 5.74. The van der Waals surface area contributed by atoms with Crippen LogP contribution in [0.3, 0.4) is 0 Å². The van der Waals surface area contributed by atoms with Gasteiger partial charge < -0.3 is 15.3 Å². The number of hydrogen-bond donors (Lipinski definition) is 2. The molecule has 0 fully saturated rings. The van der Waals surface area contributed by atoms with E-state index < -0.39 is 5.97 Å². The average Bonchev–Trinajstić information content (AvgIpc) is 2.27. The van der Waals surface area contributed by atoms with Gasteiger partial charge in [-0.3, -0.25) is 4.79 Å². The Morgan fingerprint density at radius 3 is 2.47 bits per heavy atom. The van der Waals surface area contributed by atoms with Crippen LogP contribution in [0.2, 0.25) is 0 Å². The molecular weight excluding hydrogens is 220 g/mol. The lowest BCUT2D eigenvalue weighted by Gasteiger charge is -2.23. The number of urea groups is 1. The standard InChI is InChI=1S/C12H24N2O3/c1-4-6-9-14(5-2)12(17)13-10(3)7-8-11(15)16/h10H,4-9H2,1-3H3,(H,13,17)(H,15,16). The molecule has 100 valence electrons. The zero-order chi connectivity index (χ0) is 13.3. The molecule has 0 aromatic heterocycles. The lowest BCUT2D eigenvalue weighted by atomic mass is 10.2. The monoisotopic (exact) mass is 244 g/mol. The van der Waals surface area contributed by atoms with E-state index >= 15 is 0 Å². The van der Waals surface area contributed by atoms with Crippen LogP contribution in [0.25, 0.3) is 0 Å². The quantitative estimate of drug-likeness (QED) is 0.686. The number of amides is 2. The van der Waals surface area contributed by atoms with E-state index in [-0.39, 0.29) is 18.5 Å². The molecule has 0 aliphatic carbocycles. The van der Waals surface area contributed by atoms with Crippen LogP contribution >= 0.6 is 0 Å². The van der Waals surface area contributed by atoms with E-state index in [1.165, 1.54) is 0 Å². The van der Waals surface area contributed by atoms with Crippen LogP contribution in [0, 0.1) is 0 Å². The molecule has 0 spiro atoms. The molecule has 0 radical (unpaired) electrons. The van der Waals surface area contributed by atoms with E-state index in [4.69, 9.17) is 5.11 Å². The number of carboxylic acid groups (broad SMARTS) is 1. The Hall–Kier alpha value is -1.26. The smallest absolute Gasteiger partial charge is 0.317 e. The Bertz CT molecular complexity index is 244. The van der Waals surface area contributed by atoms with Gasteiger partial charge in [0.1, 0.15) is 0 Å². The van der Waals surface area contributed by atoms with E-state index in [2.05, 4.69) is 12.2 Å². The molecule has 5 nitrogen and oxygen atoms in total. The van der Waals surface area contributed by atoms with E-state index in [9.17, 15) is 9.59 Å². The number of aliphatic carboxylic acids is 1. The van der Waals surface area contributed by atoms with Gasteiger partial charge in [-0.25, -0.2) is 4.79 Å². The van der Waals surface area contributed by atoms with Crippen molar-refractivity contribution in [1.29, 1.82) is 0 Å². The molecule has 0 aliphatic rings. The van der Waals surface area contributed by atoms with Crippen LogP contribution in [0.15, 0.2) is 0 Å². The molecule has 0 saturated heterocycles. The summed E-state index contributed by atoms with van der Waals surface area (Å²) in [6, 6.07) is -0.201. The topological polar surface area (TPSA) is 69.6 Å².